The molecule has 0 heterocycles. The fourth-order valence-electron chi connectivity index (χ4n) is 1.21. The summed E-state index contributed by atoms with van der Waals surface area (Å²) in [6.45, 7) is 0. The number of hydrogen-bond acceptors (Lipinski definition) is 3. The summed E-state index contributed by atoms with van der Waals surface area (Å²) in [6, 6.07) is 3.44. The molecule has 1 atom stereocenters. The van der Waals surface area contributed by atoms with Crippen LogP contribution in [-0.4, -0.2) is 37.6 Å². The van der Waals surface area contributed by atoms with E-state index in [0.29, 0.717) is 16.3 Å². The molecule has 17 heavy (non-hydrogen) atoms. The molecule has 6 heteroatoms. The fourth-order valence-corrected chi connectivity index (χ4v) is 2.09. The predicted octanol–water partition coefficient (Wildman–Crippen LogP) is 2.96. The number of aliphatic hydroxyl groups is 1. The van der Waals surface area contributed by atoms with Crippen LogP contribution in [0.4, 0.5) is 5.69 Å². The van der Waals surface area contributed by atoms with Gasteiger partial charge in [0, 0.05) is 31.2 Å². The van der Waals surface area contributed by atoms with Crippen LogP contribution in [0.1, 0.15) is 11.9 Å². The fraction of sp³-hybridized carbons (Fsp3) is 0.364. The Morgan fingerprint density at radius 3 is 2.71 bits per heavy atom. The van der Waals surface area contributed by atoms with Crippen molar-refractivity contribution in [3.05, 3.63) is 27.2 Å². The Morgan fingerprint density at radius 2 is 2.18 bits per heavy atom. The summed E-state index contributed by atoms with van der Waals surface area (Å²) in [4.78, 5) is 6.00. The Balaban J connectivity index is 3.25. The van der Waals surface area contributed by atoms with Gasteiger partial charge in [0.25, 0.3) is 0 Å². The maximum Gasteiger partial charge on any atom is 0.183 e. The monoisotopic (exact) mass is 320 g/mol. The number of hydrogen-bond donors (Lipinski definition) is 1. The van der Waals surface area contributed by atoms with Gasteiger partial charge in [0.05, 0.1) is 17.0 Å². The van der Waals surface area contributed by atoms with Crippen molar-refractivity contribution in [3.8, 4) is 0 Å². The number of halogens is 2. The quantitative estimate of drug-likeness (QED) is 0.527. The highest BCUT2D eigenvalue weighted by atomic mass is 79.9. The smallest absolute Gasteiger partial charge is 0.183 e. The lowest BCUT2D eigenvalue weighted by Gasteiger charge is -2.14. The van der Waals surface area contributed by atoms with Crippen LogP contribution in [-0.2, 0) is 4.74 Å². The summed E-state index contributed by atoms with van der Waals surface area (Å²) in [5, 5.41) is 10.2. The molecule has 1 rings (SSSR count). The van der Waals surface area contributed by atoms with E-state index < -0.39 is 6.29 Å². The average molecular weight is 322 g/mol. The van der Waals surface area contributed by atoms with E-state index in [2.05, 4.69) is 20.9 Å². The predicted molar refractivity (Wildman–Crippen MR) is 73.0 cm³/mol. The third-order valence-corrected chi connectivity index (χ3v) is 2.71. The van der Waals surface area contributed by atoms with Crippen LogP contribution < -0.4 is 0 Å². The number of aliphatic imine (C=N–C) groups is 1. The molecule has 0 bridgehead atoms. The summed E-state index contributed by atoms with van der Waals surface area (Å²) in [7, 11) is 5.12. The van der Waals surface area contributed by atoms with Crippen molar-refractivity contribution >= 4 is 39.6 Å². The third kappa shape index (κ3) is 3.96. The molecule has 1 aromatic carbocycles. The second kappa shape index (κ2) is 6.35. The molecule has 4 nitrogen and oxygen atoms in total. The zero-order valence-corrected chi connectivity index (χ0v) is 12.2. The van der Waals surface area contributed by atoms with E-state index in [9.17, 15) is 5.11 Å². The summed E-state index contributed by atoms with van der Waals surface area (Å²) in [5.41, 5.74) is 1.02. The summed E-state index contributed by atoms with van der Waals surface area (Å²) >= 11 is 9.40. The Hall–Kier alpha value is -0.620. The number of methoxy groups -OCH3 is 1. The van der Waals surface area contributed by atoms with Gasteiger partial charge in [-0.3, -0.25) is 0 Å². The SMILES string of the molecule is COC(O)c1cc(Br)cc(Cl)c1N=CN(C)C. The van der Waals surface area contributed by atoms with E-state index in [1.165, 1.54) is 7.11 Å². The number of rotatable bonds is 4. The van der Waals surface area contributed by atoms with Gasteiger partial charge in [-0.15, -0.1) is 0 Å². The number of ether oxygens (including phenoxy) is 1. The summed E-state index contributed by atoms with van der Waals surface area (Å²) in [6.07, 6.45) is 0.556. The maximum absolute atomic E-state index is 9.74. The molecule has 0 aliphatic carbocycles. The molecule has 0 fully saturated rings. The maximum atomic E-state index is 9.74. The number of aliphatic hydroxyl groups excluding tert-OH is 1. The zero-order chi connectivity index (χ0) is 13.0. The standard InChI is InChI=1S/C11H14BrClN2O2/c1-15(2)6-14-10-8(11(16)17-3)4-7(12)5-9(10)13/h4-6,11,16H,1-3H3. The lowest BCUT2D eigenvalue weighted by atomic mass is 10.1. The molecule has 0 aliphatic heterocycles. The van der Waals surface area contributed by atoms with Crippen LogP contribution in [0, 0.1) is 0 Å². The molecule has 0 saturated heterocycles. The van der Waals surface area contributed by atoms with Gasteiger partial charge >= 0.3 is 0 Å². The van der Waals surface area contributed by atoms with Crippen LogP contribution in [0.25, 0.3) is 0 Å². The lowest BCUT2D eigenvalue weighted by molar-refractivity contribution is -0.0765. The number of benzene rings is 1. The molecule has 94 valence electrons. The first-order valence-corrected chi connectivity index (χ1v) is 6.03. The van der Waals surface area contributed by atoms with Crippen molar-refractivity contribution in [2.24, 2.45) is 4.99 Å². The highest BCUT2D eigenvalue weighted by Gasteiger charge is 2.15. The average Bonchev–Trinajstić information content (AvgIpc) is 2.25. The van der Waals surface area contributed by atoms with Crippen LogP contribution >= 0.6 is 27.5 Å². The largest absolute Gasteiger partial charge is 0.369 e. The van der Waals surface area contributed by atoms with Gasteiger partial charge in [-0.25, -0.2) is 4.99 Å². The molecule has 1 N–H and O–H groups in total. The Bertz CT molecular complexity index is 424. The van der Waals surface area contributed by atoms with Gasteiger partial charge in [0.15, 0.2) is 6.29 Å². The first kappa shape index (κ1) is 14.4. The van der Waals surface area contributed by atoms with E-state index in [4.69, 9.17) is 16.3 Å². The summed E-state index contributed by atoms with van der Waals surface area (Å²) in [5.74, 6) is 0. The van der Waals surface area contributed by atoms with Gasteiger partial charge in [-0.2, -0.15) is 0 Å². The molecular formula is C11H14BrClN2O2. The van der Waals surface area contributed by atoms with Gasteiger partial charge in [-0.05, 0) is 12.1 Å². The Morgan fingerprint density at radius 1 is 1.53 bits per heavy atom. The molecule has 1 aromatic rings. The van der Waals surface area contributed by atoms with Crippen molar-refractivity contribution in [2.75, 3.05) is 21.2 Å². The molecule has 1 unspecified atom stereocenters. The van der Waals surface area contributed by atoms with E-state index in [-0.39, 0.29) is 0 Å². The zero-order valence-electron chi connectivity index (χ0n) is 9.82. The van der Waals surface area contributed by atoms with Gasteiger partial charge in [0.1, 0.15) is 0 Å². The van der Waals surface area contributed by atoms with E-state index in [0.717, 1.165) is 4.47 Å². The first-order chi connectivity index (χ1) is 7.95. The molecule has 0 radical (unpaired) electrons. The van der Waals surface area contributed by atoms with Gasteiger partial charge in [0.2, 0.25) is 0 Å². The van der Waals surface area contributed by atoms with Crippen molar-refractivity contribution < 1.29 is 9.84 Å². The minimum absolute atomic E-state index is 0.448. The normalized spacial score (nSPS) is 13.1. The molecule has 0 spiro atoms. The van der Waals surface area contributed by atoms with Gasteiger partial charge in [-0.1, -0.05) is 27.5 Å². The second-order valence-electron chi connectivity index (χ2n) is 3.62. The van der Waals surface area contributed by atoms with Crippen LogP contribution in [0.5, 0.6) is 0 Å². The minimum Gasteiger partial charge on any atom is -0.369 e. The van der Waals surface area contributed by atoms with E-state index in [1.54, 1.807) is 23.4 Å². The highest BCUT2D eigenvalue weighted by Crippen LogP contribution is 2.36. The molecule has 0 amide bonds. The summed E-state index contributed by atoms with van der Waals surface area (Å²) < 4.78 is 5.64. The molecule has 0 aromatic heterocycles. The first-order valence-electron chi connectivity index (χ1n) is 4.86. The Labute approximate surface area is 114 Å². The number of nitrogens with zero attached hydrogens (tertiary/aromatic N) is 2. The van der Waals surface area contributed by atoms with Crippen LogP contribution in [0.3, 0.4) is 0 Å². The minimum atomic E-state index is -1.06. The van der Waals surface area contributed by atoms with Crippen LogP contribution in [0.2, 0.25) is 5.02 Å². The molecular weight excluding hydrogens is 307 g/mol. The Kier molecular flexibility index (Phi) is 5.39. The third-order valence-electron chi connectivity index (χ3n) is 1.96. The van der Waals surface area contributed by atoms with E-state index >= 15 is 0 Å². The van der Waals surface area contributed by atoms with Crippen LogP contribution in [0.15, 0.2) is 21.6 Å². The van der Waals surface area contributed by atoms with Gasteiger partial charge < -0.3 is 14.7 Å². The topological polar surface area (TPSA) is 45.1 Å². The molecule has 0 saturated carbocycles. The second-order valence-corrected chi connectivity index (χ2v) is 4.94. The van der Waals surface area contributed by atoms with Crippen molar-refractivity contribution in [1.29, 1.82) is 0 Å². The van der Waals surface area contributed by atoms with Crippen molar-refractivity contribution in [1.82, 2.24) is 4.90 Å². The van der Waals surface area contributed by atoms with Crippen molar-refractivity contribution in [2.45, 2.75) is 6.29 Å². The lowest BCUT2D eigenvalue weighted by Crippen LogP contribution is -2.08. The molecule has 0 aliphatic rings. The highest BCUT2D eigenvalue weighted by molar-refractivity contribution is 9.10. The van der Waals surface area contributed by atoms with Crippen molar-refractivity contribution in [3.63, 3.8) is 0 Å². The van der Waals surface area contributed by atoms with E-state index in [1.807, 2.05) is 14.1 Å².